The third kappa shape index (κ3) is 4.13. The fourth-order valence-corrected chi connectivity index (χ4v) is 4.18. The van der Waals surface area contributed by atoms with E-state index in [1.807, 2.05) is 43.3 Å². The predicted octanol–water partition coefficient (Wildman–Crippen LogP) is 3.43. The van der Waals surface area contributed by atoms with Crippen molar-refractivity contribution >= 4 is 18.0 Å². The molecule has 0 aliphatic heterocycles. The number of fused-ring (bicyclic) bond motifs is 3. The standard InChI is InChI=1S/C24H26N2O5/c1-2-7-20(21(27)26-24(12-13-24)22(28)29)25-23(30)31-14-19-17-10-5-3-8-15(17)16-9-4-6-11-18(16)19/h3-6,8-11,19-20H,2,7,12-14H2,1H3,(H,25,30)(H,26,27)(H,28,29)/t20-/m0/s1. The number of amides is 2. The second-order valence-corrected chi connectivity index (χ2v) is 8.19. The summed E-state index contributed by atoms with van der Waals surface area (Å²) in [4.78, 5) is 36.4. The number of hydrogen-bond acceptors (Lipinski definition) is 4. The molecule has 1 atom stereocenters. The highest BCUT2D eigenvalue weighted by Crippen LogP contribution is 2.44. The molecule has 31 heavy (non-hydrogen) atoms. The minimum absolute atomic E-state index is 0.0710. The summed E-state index contributed by atoms with van der Waals surface area (Å²) in [6.07, 6.45) is 1.17. The van der Waals surface area contributed by atoms with Crippen molar-refractivity contribution in [3.05, 3.63) is 59.7 Å². The van der Waals surface area contributed by atoms with Crippen molar-refractivity contribution in [2.24, 2.45) is 0 Å². The summed E-state index contributed by atoms with van der Waals surface area (Å²) < 4.78 is 5.51. The van der Waals surface area contributed by atoms with Crippen LogP contribution in [0.15, 0.2) is 48.5 Å². The van der Waals surface area contributed by atoms with Crippen molar-refractivity contribution in [3.63, 3.8) is 0 Å². The number of carboxylic acids is 1. The number of carbonyl (C=O) groups excluding carboxylic acids is 2. The highest BCUT2D eigenvalue weighted by atomic mass is 16.5. The Kier molecular flexibility index (Phi) is 5.67. The number of carbonyl (C=O) groups is 3. The molecule has 2 aliphatic carbocycles. The van der Waals surface area contributed by atoms with E-state index in [0.717, 1.165) is 22.3 Å². The van der Waals surface area contributed by atoms with E-state index in [9.17, 15) is 19.5 Å². The highest BCUT2D eigenvalue weighted by Gasteiger charge is 2.52. The van der Waals surface area contributed by atoms with Crippen molar-refractivity contribution in [2.75, 3.05) is 6.61 Å². The zero-order valence-corrected chi connectivity index (χ0v) is 17.4. The van der Waals surface area contributed by atoms with E-state index in [1.165, 1.54) is 0 Å². The number of hydrogen-bond donors (Lipinski definition) is 3. The van der Waals surface area contributed by atoms with Gasteiger partial charge >= 0.3 is 12.1 Å². The zero-order valence-electron chi connectivity index (χ0n) is 17.4. The molecule has 2 aliphatic rings. The molecule has 0 aromatic heterocycles. The lowest BCUT2D eigenvalue weighted by atomic mass is 9.98. The minimum Gasteiger partial charge on any atom is -0.480 e. The van der Waals surface area contributed by atoms with E-state index in [0.29, 0.717) is 25.7 Å². The molecule has 0 unspecified atom stereocenters. The van der Waals surface area contributed by atoms with Crippen LogP contribution in [0.25, 0.3) is 11.1 Å². The Morgan fingerprint density at radius 3 is 2.16 bits per heavy atom. The Bertz CT molecular complexity index is 969. The first-order valence-electron chi connectivity index (χ1n) is 10.6. The SMILES string of the molecule is CCC[C@H](NC(=O)OCC1c2ccccc2-c2ccccc21)C(=O)NC1(C(=O)O)CC1. The Balaban J connectivity index is 1.40. The minimum atomic E-state index is -1.19. The van der Waals surface area contributed by atoms with Gasteiger partial charge in [0.1, 0.15) is 18.2 Å². The van der Waals surface area contributed by atoms with Crippen molar-refractivity contribution in [3.8, 4) is 11.1 Å². The lowest BCUT2D eigenvalue weighted by Gasteiger charge is -2.21. The van der Waals surface area contributed by atoms with Gasteiger partial charge in [0.15, 0.2) is 0 Å². The van der Waals surface area contributed by atoms with Gasteiger partial charge in [0, 0.05) is 5.92 Å². The molecule has 2 aromatic carbocycles. The van der Waals surface area contributed by atoms with Crippen LogP contribution in [0, 0.1) is 0 Å². The van der Waals surface area contributed by atoms with Gasteiger partial charge in [-0.05, 0) is 41.5 Å². The van der Waals surface area contributed by atoms with Gasteiger partial charge < -0.3 is 20.5 Å². The maximum atomic E-state index is 12.6. The van der Waals surface area contributed by atoms with E-state index in [-0.39, 0.29) is 12.5 Å². The van der Waals surface area contributed by atoms with Gasteiger partial charge in [-0.15, -0.1) is 0 Å². The fraction of sp³-hybridized carbons (Fsp3) is 0.375. The summed E-state index contributed by atoms with van der Waals surface area (Å²) in [5, 5.41) is 14.5. The maximum absolute atomic E-state index is 12.6. The molecular weight excluding hydrogens is 396 g/mol. The third-order valence-electron chi connectivity index (χ3n) is 6.05. The summed E-state index contributed by atoms with van der Waals surface area (Å²) >= 11 is 0. The van der Waals surface area contributed by atoms with Crippen LogP contribution in [0.1, 0.15) is 49.7 Å². The van der Waals surface area contributed by atoms with Gasteiger partial charge in [0.05, 0.1) is 0 Å². The molecule has 162 valence electrons. The first-order valence-corrected chi connectivity index (χ1v) is 10.6. The number of nitrogens with one attached hydrogen (secondary N) is 2. The number of aliphatic carboxylic acids is 1. The summed E-state index contributed by atoms with van der Waals surface area (Å²) in [7, 11) is 0. The predicted molar refractivity (Wildman–Crippen MR) is 115 cm³/mol. The average Bonchev–Trinajstić information content (AvgIpc) is 3.48. The number of rotatable bonds is 8. The molecule has 7 nitrogen and oxygen atoms in total. The smallest absolute Gasteiger partial charge is 0.407 e. The Morgan fingerprint density at radius 2 is 1.65 bits per heavy atom. The van der Waals surface area contributed by atoms with Gasteiger partial charge in [-0.25, -0.2) is 9.59 Å². The molecule has 2 aromatic rings. The van der Waals surface area contributed by atoms with Crippen molar-refractivity contribution in [1.82, 2.24) is 10.6 Å². The van der Waals surface area contributed by atoms with Crippen LogP contribution in [0.2, 0.25) is 0 Å². The molecule has 0 spiro atoms. The number of carboxylic acid groups (broad SMARTS) is 1. The second-order valence-electron chi connectivity index (χ2n) is 8.19. The molecule has 1 saturated carbocycles. The van der Waals surface area contributed by atoms with Crippen LogP contribution in [0.3, 0.4) is 0 Å². The summed E-state index contributed by atoms with van der Waals surface area (Å²) in [5.74, 6) is -1.61. The molecular formula is C24H26N2O5. The first kappa shape index (κ1) is 20.9. The molecule has 7 heteroatoms. The molecule has 2 amide bonds. The quantitative estimate of drug-likeness (QED) is 0.605. The van der Waals surface area contributed by atoms with Crippen molar-refractivity contribution in [2.45, 2.75) is 50.1 Å². The molecule has 0 heterocycles. The maximum Gasteiger partial charge on any atom is 0.407 e. The molecule has 4 rings (SSSR count). The number of ether oxygens (including phenoxy) is 1. The van der Waals surface area contributed by atoms with E-state index < -0.39 is 29.6 Å². The third-order valence-corrected chi connectivity index (χ3v) is 6.05. The van der Waals surface area contributed by atoms with Gasteiger partial charge in [-0.3, -0.25) is 4.79 Å². The molecule has 0 saturated heterocycles. The Labute approximate surface area is 180 Å². The average molecular weight is 422 g/mol. The van der Waals surface area contributed by atoms with Gasteiger partial charge in [0.25, 0.3) is 0 Å². The van der Waals surface area contributed by atoms with Gasteiger partial charge in [-0.1, -0.05) is 61.9 Å². The van der Waals surface area contributed by atoms with E-state index >= 15 is 0 Å². The molecule has 0 bridgehead atoms. The molecule has 0 radical (unpaired) electrons. The van der Waals surface area contributed by atoms with E-state index in [1.54, 1.807) is 0 Å². The Hall–Kier alpha value is -3.35. The van der Waals surface area contributed by atoms with Crippen molar-refractivity contribution < 1.29 is 24.2 Å². The molecule has 1 fully saturated rings. The summed E-state index contributed by atoms with van der Waals surface area (Å²) in [6.45, 7) is 2.04. The van der Waals surface area contributed by atoms with Crippen LogP contribution < -0.4 is 10.6 Å². The topological polar surface area (TPSA) is 105 Å². The zero-order chi connectivity index (χ0) is 22.0. The van der Waals surface area contributed by atoms with E-state index in [4.69, 9.17) is 4.74 Å². The normalized spacial score (nSPS) is 16.5. The lowest BCUT2D eigenvalue weighted by molar-refractivity contribution is -0.143. The Morgan fingerprint density at radius 1 is 1.06 bits per heavy atom. The largest absolute Gasteiger partial charge is 0.480 e. The van der Waals surface area contributed by atoms with Gasteiger partial charge in [0.2, 0.25) is 5.91 Å². The van der Waals surface area contributed by atoms with Crippen LogP contribution >= 0.6 is 0 Å². The van der Waals surface area contributed by atoms with Gasteiger partial charge in [-0.2, -0.15) is 0 Å². The number of alkyl carbamates (subject to hydrolysis) is 1. The first-order chi connectivity index (χ1) is 14.9. The van der Waals surface area contributed by atoms with Crippen molar-refractivity contribution in [1.29, 1.82) is 0 Å². The van der Waals surface area contributed by atoms with E-state index in [2.05, 4.69) is 22.8 Å². The summed E-state index contributed by atoms with van der Waals surface area (Å²) in [5.41, 5.74) is 3.30. The fourth-order valence-electron chi connectivity index (χ4n) is 4.18. The summed E-state index contributed by atoms with van der Waals surface area (Å²) in [6, 6.07) is 15.3. The van der Waals surface area contributed by atoms with Crippen LogP contribution in [0.5, 0.6) is 0 Å². The second kappa shape index (κ2) is 8.41. The number of benzene rings is 2. The lowest BCUT2D eigenvalue weighted by Crippen LogP contribution is -2.53. The highest BCUT2D eigenvalue weighted by molar-refractivity contribution is 5.93. The van der Waals surface area contributed by atoms with Crippen LogP contribution in [0.4, 0.5) is 4.79 Å². The monoisotopic (exact) mass is 422 g/mol. The van der Waals surface area contributed by atoms with Crippen LogP contribution in [-0.2, 0) is 14.3 Å². The molecule has 3 N–H and O–H groups in total. The van der Waals surface area contributed by atoms with Crippen LogP contribution in [-0.4, -0.2) is 41.3 Å².